The van der Waals surface area contributed by atoms with Crippen LogP contribution in [0.3, 0.4) is 0 Å². The zero-order valence-electron chi connectivity index (χ0n) is 4.44. The summed E-state index contributed by atoms with van der Waals surface area (Å²) in [4.78, 5) is 0. The van der Waals surface area contributed by atoms with E-state index in [0.29, 0.717) is 13.0 Å². The highest BCUT2D eigenvalue weighted by atomic mass is 19.3. The second-order valence-corrected chi connectivity index (χ2v) is 1.89. The van der Waals surface area contributed by atoms with Gasteiger partial charge < -0.3 is 4.74 Å². The molecule has 1 fully saturated rings. The topological polar surface area (TPSA) is 9.23 Å². The lowest BCUT2D eigenvalue weighted by Crippen LogP contribution is -2.15. The molecule has 0 spiro atoms. The normalized spacial score (nSPS) is 29.6. The maximum absolute atomic E-state index is 11.6. The average molecular weight is 122 g/mol. The summed E-state index contributed by atoms with van der Waals surface area (Å²) < 4.78 is 27.9. The quantitative estimate of drug-likeness (QED) is 0.511. The van der Waals surface area contributed by atoms with E-state index in [1.807, 2.05) is 0 Å². The SMILES string of the molecule is FC(F)[C@H]1CCCO1. The van der Waals surface area contributed by atoms with Crippen molar-refractivity contribution < 1.29 is 13.5 Å². The van der Waals surface area contributed by atoms with Crippen LogP contribution >= 0.6 is 0 Å². The Morgan fingerprint density at radius 2 is 2.25 bits per heavy atom. The van der Waals surface area contributed by atoms with Crippen LogP contribution in [0.4, 0.5) is 8.78 Å². The number of rotatable bonds is 1. The Balaban J connectivity index is 2.24. The Labute approximate surface area is 46.6 Å². The van der Waals surface area contributed by atoms with E-state index in [4.69, 9.17) is 0 Å². The third-order valence-electron chi connectivity index (χ3n) is 1.25. The van der Waals surface area contributed by atoms with Gasteiger partial charge >= 0.3 is 0 Å². The molecule has 0 saturated carbocycles. The molecule has 0 amide bonds. The van der Waals surface area contributed by atoms with Crippen LogP contribution in [0, 0.1) is 0 Å². The fraction of sp³-hybridized carbons (Fsp3) is 1.00. The van der Waals surface area contributed by atoms with Crippen LogP contribution in [-0.4, -0.2) is 19.1 Å². The van der Waals surface area contributed by atoms with Gasteiger partial charge in [0.1, 0.15) is 6.10 Å². The molecule has 3 heteroatoms. The molecule has 0 aromatic carbocycles. The zero-order valence-corrected chi connectivity index (χ0v) is 4.44. The molecular formula is C5H8F2O. The van der Waals surface area contributed by atoms with E-state index in [1.165, 1.54) is 0 Å². The van der Waals surface area contributed by atoms with Crippen molar-refractivity contribution in [2.45, 2.75) is 25.4 Å². The number of hydrogen-bond acceptors (Lipinski definition) is 1. The van der Waals surface area contributed by atoms with Crippen molar-refractivity contribution in [1.29, 1.82) is 0 Å². The van der Waals surface area contributed by atoms with Crippen molar-refractivity contribution in [3.05, 3.63) is 0 Å². The predicted octanol–water partition coefficient (Wildman–Crippen LogP) is 1.43. The van der Waals surface area contributed by atoms with E-state index in [-0.39, 0.29) is 0 Å². The summed E-state index contributed by atoms with van der Waals surface area (Å²) in [6, 6.07) is 0. The molecule has 1 nitrogen and oxygen atoms in total. The molecule has 1 aliphatic heterocycles. The van der Waals surface area contributed by atoms with Gasteiger partial charge in [0.25, 0.3) is 6.43 Å². The molecule has 8 heavy (non-hydrogen) atoms. The Kier molecular flexibility index (Phi) is 1.78. The third-order valence-corrected chi connectivity index (χ3v) is 1.25. The van der Waals surface area contributed by atoms with Crippen LogP contribution in [0.5, 0.6) is 0 Å². The van der Waals surface area contributed by atoms with E-state index < -0.39 is 12.5 Å². The molecule has 0 aromatic rings. The highest BCUT2D eigenvalue weighted by Gasteiger charge is 2.24. The summed E-state index contributed by atoms with van der Waals surface area (Å²) in [7, 11) is 0. The minimum atomic E-state index is -2.28. The molecule has 0 unspecified atom stereocenters. The van der Waals surface area contributed by atoms with Gasteiger partial charge in [0.2, 0.25) is 0 Å². The van der Waals surface area contributed by atoms with Crippen LogP contribution in [0.2, 0.25) is 0 Å². The molecule has 48 valence electrons. The standard InChI is InChI=1S/C5H8F2O/c6-5(7)4-2-1-3-8-4/h4-5H,1-3H2/t4-/m1/s1. The van der Waals surface area contributed by atoms with Gasteiger partial charge in [-0.05, 0) is 12.8 Å². The Morgan fingerprint density at radius 3 is 2.50 bits per heavy atom. The van der Waals surface area contributed by atoms with Crippen molar-refractivity contribution in [2.75, 3.05) is 6.61 Å². The van der Waals surface area contributed by atoms with Gasteiger partial charge in [-0.1, -0.05) is 0 Å². The molecule has 0 aromatic heterocycles. The van der Waals surface area contributed by atoms with Gasteiger partial charge in [-0.3, -0.25) is 0 Å². The lowest BCUT2D eigenvalue weighted by atomic mass is 10.2. The molecule has 1 heterocycles. The molecule has 1 atom stereocenters. The van der Waals surface area contributed by atoms with Crippen molar-refractivity contribution in [3.8, 4) is 0 Å². The first-order valence-corrected chi connectivity index (χ1v) is 2.70. The van der Waals surface area contributed by atoms with Crippen LogP contribution in [0.1, 0.15) is 12.8 Å². The maximum Gasteiger partial charge on any atom is 0.264 e. The van der Waals surface area contributed by atoms with Crippen LogP contribution in [-0.2, 0) is 4.74 Å². The first-order chi connectivity index (χ1) is 3.80. The third kappa shape index (κ3) is 1.15. The van der Waals surface area contributed by atoms with Crippen molar-refractivity contribution in [2.24, 2.45) is 0 Å². The first-order valence-electron chi connectivity index (χ1n) is 2.70. The molecule has 0 radical (unpaired) electrons. The number of alkyl halides is 2. The summed E-state index contributed by atoms with van der Waals surface area (Å²) in [5.41, 5.74) is 0. The Morgan fingerprint density at radius 1 is 1.50 bits per heavy atom. The molecule has 0 aliphatic carbocycles. The summed E-state index contributed by atoms with van der Waals surface area (Å²) >= 11 is 0. The second kappa shape index (κ2) is 2.40. The highest BCUT2D eigenvalue weighted by Crippen LogP contribution is 2.17. The highest BCUT2D eigenvalue weighted by molar-refractivity contribution is 4.65. The zero-order chi connectivity index (χ0) is 5.98. The van der Waals surface area contributed by atoms with Crippen LogP contribution < -0.4 is 0 Å². The minimum absolute atomic E-state index is 0.509. The van der Waals surface area contributed by atoms with Gasteiger partial charge in [0.05, 0.1) is 0 Å². The van der Waals surface area contributed by atoms with E-state index in [1.54, 1.807) is 0 Å². The van der Waals surface area contributed by atoms with Gasteiger partial charge in [-0.15, -0.1) is 0 Å². The molecule has 0 N–H and O–H groups in total. The molecule has 1 rings (SSSR count). The van der Waals surface area contributed by atoms with Crippen LogP contribution in [0.25, 0.3) is 0 Å². The van der Waals surface area contributed by atoms with Crippen LogP contribution in [0.15, 0.2) is 0 Å². The monoisotopic (exact) mass is 122 g/mol. The number of hydrogen-bond donors (Lipinski definition) is 0. The summed E-state index contributed by atoms with van der Waals surface area (Å²) in [6.45, 7) is 0.509. The van der Waals surface area contributed by atoms with Gasteiger partial charge in [0, 0.05) is 6.61 Å². The Hall–Kier alpha value is -0.180. The summed E-state index contributed by atoms with van der Waals surface area (Å²) in [5.74, 6) is 0. The molecule has 0 bridgehead atoms. The number of ether oxygens (including phenoxy) is 1. The lowest BCUT2D eigenvalue weighted by Gasteiger charge is -2.04. The molecular weight excluding hydrogens is 114 g/mol. The smallest absolute Gasteiger partial charge is 0.264 e. The maximum atomic E-state index is 11.6. The largest absolute Gasteiger partial charge is 0.372 e. The van der Waals surface area contributed by atoms with E-state index in [9.17, 15) is 8.78 Å². The second-order valence-electron chi connectivity index (χ2n) is 1.89. The van der Waals surface area contributed by atoms with E-state index in [2.05, 4.69) is 4.74 Å². The molecule has 1 aliphatic rings. The fourth-order valence-corrected chi connectivity index (χ4v) is 0.801. The van der Waals surface area contributed by atoms with E-state index >= 15 is 0 Å². The van der Waals surface area contributed by atoms with Crippen molar-refractivity contribution in [1.82, 2.24) is 0 Å². The van der Waals surface area contributed by atoms with Gasteiger partial charge in [0.15, 0.2) is 0 Å². The van der Waals surface area contributed by atoms with E-state index in [0.717, 1.165) is 6.42 Å². The minimum Gasteiger partial charge on any atom is -0.372 e. The lowest BCUT2D eigenvalue weighted by molar-refractivity contribution is -0.0219. The van der Waals surface area contributed by atoms with Crippen molar-refractivity contribution in [3.63, 3.8) is 0 Å². The average Bonchev–Trinajstić information content (AvgIpc) is 2.12. The Bertz CT molecular complexity index is 68.8. The molecule has 1 saturated heterocycles. The summed E-state index contributed by atoms with van der Waals surface area (Å²) in [5, 5.41) is 0. The predicted molar refractivity (Wildman–Crippen MR) is 25.0 cm³/mol. The number of halogens is 2. The van der Waals surface area contributed by atoms with Gasteiger partial charge in [-0.25, -0.2) is 8.78 Å². The summed E-state index contributed by atoms with van der Waals surface area (Å²) in [6.07, 6.45) is -1.74. The van der Waals surface area contributed by atoms with Crippen molar-refractivity contribution >= 4 is 0 Å². The van der Waals surface area contributed by atoms with Gasteiger partial charge in [-0.2, -0.15) is 0 Å². The fourth-order valence-electron chi connectivity index (χ4n) is 0.801. The first kappa shape index (κ1) is 5.95.